The normalized spacial score (nSPS) is 23.3. The molecule has 0 spiro atoms. The number of fused-ring (bicyclic) bond motifs is 1. The lowest BCUT2D eigenvalue weighted by molar-refractivity contribution is -0.123. The second-order valence-corrected chi connectivity index (χ2v) is 6.20. The van der Waals surface area contributed by atoms with E-state index < -0.39 is 0 Å². The SMILES string of the molecule is CCN1CCC(CNC(=O)C2Cc3ccccc3CN2)C1.Cl.Cl. The van der Waals surface area contributed by atoms with Crippen molar-refractivity contribution in [2.75, 3.05) is 26.2 Å². The van der Waals surface area contributed by atoms with Crippen molar-refractivity contribution in [1.82, 2.24) is 15.5 Å². The largest absolute Gasteiger partial charge is 0.354 e. The number of nitrogens with one attached hydrogen (secondary N) is 2. The number of carbonyl (C=O) groups is 1. The van der Waals surface area contributed by atoms with E-state index in [1.165, 1.54) is 24.1 Å². The van der Waals surface area contributed by atoms with Crippen molar-refractivity contribution in [3.8, 4) is 0 Å². The maximum atomic E-state index is 12.3. The van der Waals surface area contributed by atoms with Crippen LogP contribution >= 0.6 is 24.8 Å². The maximum absolute atomic E-state index is 12.3. The number of likely N-dealkylation sites (tertiary alicyclic amines) is 1. The van der Waals surface area contributed by atoms with Crippen molar-refractivity contribution < 1.29 is 4.79 Å². The Morgan fingerprint density at radius 1 is 1.30 bits per heavy atom. The molecule has 1 amide bonds. The zero-order valence-electron chi connectivity index (χ0n) is 13.6. The topological polar surface area (TPSA) is 44.4 Å². The first-order chi connectivity index (χ1) is 10.3. The van der Waals surface area contributed by atoms with Gasteiger partial charge in [0.25, 0.3) is 0 Å². The van der Waals surface area contributed by atoms with Crippen LogP contribution in [0.3, 0.4) is 0 Å². The molecule has 1 aromatic carbocycles. The lowest BCUT2D eigenvalue weighted by Gasteiger charge is -2.25. The van der Waals surface area contributed by atoms with E-state index in [1.807, 2.05) is 0 Å². The summed E-state index contributed by atoms with van der Waals surface area (Å²) in [7, 11) is 0. The van der Waals surface area contributed by atoms with E-state index in [4.69, 9.17) is 0 Å². The van der Waals surface area contributed by atoms with E-state index in [2.05, 4.69) is 46.7 Å². The molecule has 6 heteroatoms. The summed E-state index contributed by atoms with van der Waals surface area (Å²) in [5.41, 5.74) is 2.62. The van der Waals surface area contributed by atoms with Crippen molar-refractivity contribution in [3.05, 3.63) is 35.4 Å². The molecule has 0 saturated carbocycles. The quantitative estimate of drug-likeness (QED) is 0.863. The summed E-state index contributed by atoms with van der Waals surface area (Å²) in [5.74, 6) is 0.768. The Hall–Kier alpha value is -0.810. The van der Waals surface area contributed by atoms with Gasteiger partial charge in [0.05, 0.1) is 6.04 Å². The maximum Gasteiger partial charge on any atom is 0.237 e. The molecule has 2 aliphatic heterocycles. The number of hydrogen-bond acceptors (Lipinski definition) is 3. The van der Waals surface area contributed by atoms with Crippen LogP contribution in [0.4, 0.5) is 0 Å². The number of benzene rings is 1. The molecule has 0 aromatic heterocycles. The Kier molecular flexibility index (Phi) is 8.34. The fourth-order valence-corrected chi connectivity index (χ4v) is 3.37. The lowest BCUT2D eigenvalue weighted by atomic mass is 9.95. The lowest BCUT2D eigenvalue weighted by Crippen LogP contribution is -2.48. The highest BCUT2D eigenvalue weighted by molar-refractivity contribution is 5.85. The van der Waals surface area contributed by atoms with Crippen molar-refractivity contribution in [3.63, 3.8) is 0 Å². The minimum atomic E-state index is -0.0800. The molecular weight excluding hydrogens is 333 g/mol. The summed E-state index contributed by atoms with van der Waals surface area (Å²) in [6, 6.07) is 8.29. The van der Waals surface area contributed by atoms with Gasteiger partial charge in [-0.15, -0.1) is 24.8 Å². The third-order valence-corrected chi connectivity index (χ3v) is 4.78. The smallest absolute Gasteiger partial charge is 0.237 e. The molecule has 2 heterocycles. The first kappa shape index (κ1) is 20.2. The van der Waals surface area contributed by atoms with Gasteiger partial charge in [0.2, 0.25) is 5.91 Å². The molecule has 3 rings (SSSR count). The first-order valence-electron chi connectivity index (χ1n) is 8.06. The summed E-state index contributed by atoms with van der Waals surface area (Å²) in [4.78, 5) is 14.8. The number of nitrogens with zero attached hydrogens (tertiary/aromatic N) is 1. The van der Waals surface area contributed by atoms with E-state index in [0.717, 1.165) is 32.6 Å². The molecular formula is C17H27Cl2N3O. The summed E-state index contributed by atoms with van der Waals surface area (Å²) >= 11 is 0. The fraction of sp³-hybridized carbons (Fsp3) is 0.588. The molecule has 1 fully saturated rings. The van der Waals surface area contributed by atoms with Gasteiger partial charge in [0, 0.05) is 19.6 Å². The van der Waals surface area contributed by atoms with Gasteiger partial charge in [-0.05, 0) is 43.0 Å². The van der Waals surface area contributed by atoms with Crippen LogP contribution in [-0.2, 0) is 17.8 Å². The van der Waals surface area contributed by atoms with Crippen LogP contribution in [-0.4, -0.2) is 43.0 Å². The summed E-state index contributed by atoms with van der Waals surface area (Å²) < 4.78 is 0. The average molecular weight is 360 g/mol. The Balaban J connectivity index is 0.00000132. The average Bonchev–Trinajstić information content (AvgIpc) is 3.00. The molecule has 1 aromatic rings. The van der Waals surface area contributed by atoms with Crippen molar-refractivity contribution in [1.29, 1.82) is 0 Å². The van der Waals surface area contributed by atoms with Gasteiger partial charge < -0.3 is 15.5 Å². The second-order valence-electron chi connectivity index (χ2n) is 6.20. The third kappa shape index (κ3) is 5.08. The van der Waals surface area contributed by atoms with Crippen LogP contribution in [0.25, 0.3) is 0 Å². The number of amides is 1. The molecule has 2 unspecified atom stereocenters. The Labute approximate surface area is 151 Å². The van der Waals surface area contributed by atoms with Gasteiger partial charge >= 0.3 is 0 Å². The van der Waals surface area contributed by atoms with E-state index >= 15 is 0 Å². The molecule has 130 valence electrons. The third-order valence-electron chi connectivity index (χ3n) is 4.78. The monoisotopic (exact) mass is 359 g/mol. The van der Waals surface area contributed by atoms with Crippen molar-refractivity contribution in [2.24, 2.45) is 5.92 Å². The minimum absolute atomic E-state index is 0. The molecule has 0 bridgehead atoms. The first-order valence-corrected chi connectivity index (χ1v) is 8.06. The predicted molar refractivity (Wildman–Crippen MR) is 98.5 cm³/mol. The standard InChI is InChI=1S/C17H25N3O.2ClH/c1-2-20-8-7-13(12-20)10-19-17(21)16-9-14-5-3-4-6-15(14)11-18-16;;/h3-6,13,16,18H,2,7-12H2,1H3,(H,19,21);2*1H. The van der Waals surface area contributed by atoms with Gasteiger partial charge in [-0.3, -0.25) is 4.79 Å². The van der Waals surface area contributed by atoms with Crippen LogP contribution in [0.15, 0.2) is 24.3 Å². The number of halogens is 2. The Bertz CT molecular complexity index is 512. The van der Waals surface area contributed by atoms with Gasteiger partial charge in [0.15, 0.2) is 0 Å². The molecule has 23 heavy (non-hydrogen) atoms. The van der Waals surface area contributed by atoms with E-state index in [0.29, 0.717) is 5.92 Å². The van der Waals surface area contributed by atoms with E-state index in [1.54, 1.807) is 0 Å². The molecule has 0 radical (unpaired) electrons. The molecule has 0 aliphatic carbocycles. The molecule has 2 N–H and O–H groups in total. The predicted octanol–water partition coefficient (Wildman–Crippen LogP) is 2.00. The highest BCUT2D eigenvalue weighted by atomic mass is 35.5. The van der Waals surface area contributed by atoms with Gasteiger partial charge in [-0.1, -0.05) is 31.2 Å². The number of carbonyl (C=O) groups excluding carboxylic acids is 1. The Morgan fingerprint density at radius 2 is 2.04 bits per heavy atom. The van der Waals surface area contributed by atoms with Crippen LogP contribution in [0.1, 0.15) is 24.5 Å². The highest BCUT2D eigenvalue weighted by Gasteiger charge is 2.26. The second kappa shape index (κ2) is 9.48. The minimum Gasteiger partial charge on any atom is -0.354 e. The number of rotatable bonds is 4. The van der Waals surface area contributed by atoms with Crippen molar-refractivity contribution in [2.45, 2.75) is 32.4 Å². The highest BCUT2D eigenvalue weighted by Crippen LogP contribution is 2.17. The van der Waals surface area contributed by atoms with E-state index in [-0.39, 0.29) is 36.8 Å². The summed E-state index contributed by atoms with van der Waals surface area (Å²) in [6.45, 7) is 7.22. The fourth-order valence-electron chi connectivity index (χ4n) is 3.37. The van der Waals surface area contributed by atoms with Gasteiger partial charge in [0.1, 0.15) is 0 Å². The van der Waals surface area contributed by atoms with Crippen LogP contribution < -0.4 is 10.6 Å². The van der Waals surface area contributed by atoms with Gasteiger partial charge in [-0.25, -0.2) is 0 Å². The Morgan fingerprint density at radius 3 is 2.74 bits per heavy atom. The van der Waals surface area contributed by atoms with Gasteiger partial charge in [-0.2, -0.15) is 0 Å². The molecule has 4 nitrogen and oxygen atoms in total. The molecule has 2 aliphatic rings. The zero-order valence-corrected chi connectivity index (χ0v) is 15.2. The van der Waals surface area contributed by atoms with Crippen LogP contribution in [0.2, 0.25) is 0 Å². The zero-order chi connectivity index (χ0) is 14.7. The summed E-state index contributed by atoms with van der Waals surface area (Å²) in [5, 5.41) is 6.49. The van der Waals surface area contributed by atoms with Crippen LogP contribution in [0, 0.1) is 5.92 Å². The molecule has 2 atom stereocenters. The summed E-state index contributed by atoms with van der Waals surface area (Å²) in [6.07, 6.45) is 2.00. The molecule has 1 saturated heterocycles. The van der Waals surface area contributed by atoms with E-state index in [9.17, 15) is 4.79 Å². The van der Waals surface area contributed by atoms with Crippen LogP contribution in [0.5, 0.6) is 0 Å². The van der Waals surface area contributed by atoms with Crippen molar-refractivity contribution >= 4 is 30.7 Å². The number of hydrogen-bond donors (Lipinski definition) is 2.